The minimum Gasteiger partial charge on any atom is -0.304 e. The molecule has 0 unspecified atom stereocenters. The van der Waals surface area contributed by atoms with Gasteiger partial charge in [-0.3, -0.25) is 4.79 Å². The molecule has 0 aliphatic carbocycles. The first-order valence-electron chi connectivity index (χ1n) is 8.99. The van der Waals surface area contributed by atoms with Gasteiger partial charge in [-0.1, -0.05) is 43.7 Å². The van der Waals surface area contributed by atoms with Crippen LogP contribution in [0.5, 0.6) is 0 Å². The van der Waals surface area contributed by atoms with Crippen molar-refractivity contribution in [3.63, 3.8) is 0 Å². The van der Waals surface area contributed by atoms with E-state index in [9.17, 15) is 9.18 Å². The van der Waals surface area contributed by atoms with Crippen LogP contribution in [0, 0.1) is 5.82 Å². The van der Waals surface area contributed by atoms with Crippen molar-refractivity contribution in [2.24, 2.45) is 0 Å². The number of carbonyl (C=O) groups is 1. The van der Waals surface area contributed by atoms with Crippen molar-refractivity contribution in [3.8, 4) is 0 Å². The number of aryl methyl sites for hydroxylation is 1. The fourth-order valence-corrected chi connectivity index (χ4v) is 3.08. The fourth-order valence-electron chi connectivity index (χ4n) is 3.08. The lowest BCUT2D eigenvalue weighted by atomic mass is 10.1. The summed E-state index contributed by atoms with van der Waals surface area (Å²) in [6.45, 7) is 2.81. The molecule has 4 aromatic rings. The molecule has 0 radical (unpaired) electrons. The molecule has 0 fully saturated rings. The second-order valence-electron chi connectivity index (χ2n) is 6.41. The number of carbonyl (C=O) groups excluding carboxylic acids is 1. The molecule has 1 N–H and O–H groups in total. The number of benzene rings is 2. The van der Waals surface area contributed by atoms with E-state index in [4.69, 9.17) is 4.98 Å². The maximum absolute atomic E-state index is 13.9. The van der Waals surface area contributed by atoms with Crippen molar-refractivity contribution in [1.82, 2.24) is 14.8 Å². The first-order valence-corrected chi connectivity index (χ1v) is 8.99. The lowest BCUT2D eigenvalue weighted by molar-refractivity contribution is 0.102. The normalized spacial score (nSPS) is 11.2. The third-order valence-electron chi connectivity index (χ3n) is 4.50. The van der Waals surface area contributed by atoms with Gasteiger partial charge in [0, 0.05) is 11.9 Å². The van der Waals surface area contributed by atoms with Crippen molar-refractivity contribution >= 4 is 33.7 Å². The molecular weight excluding hydrogens is 343 g/mol. The predicted octanol–water partition coefficient (Wildman–Crippen LogP) is 4.78. The number of hydrogen-bond acceptors (Lipinski definition) is 3. The summed E-state index contributed by atoms with van der Waals surface area (Å²) in [5.41, 5.74) is 1.57. The van der Waals surface area contributed by atoms with E-state index < -0.39 is 11.7 Å². The van der Waals surface area contributed by atoms with Gasteiger partial charge in [0.25, 0.3) is 5.91 Å². The van der Waals surface area contributed by atoms with Gasteiger partial charge in [-0.2, -0.15) is 5.10 Å². The summed E-state index contributed by atoms with van der Waals surface area (Å²) in [5, 5.41) is 9.00. The van der Waals surface area contributed by atoms with E-state index in [-0.39, 0.29) is 5.56 Å². The van der Waals surface area contributed by atoms with Gasteiger partial charge in [0.15, 0.2) is 11.5 Å². The van der Waals surface area contributed by atoms with Gasteiger partial charge in [0.1, 0.15) is 5.82 Å². The zero-order chi connectivity index (χ0) is 18.8. The number of aromatic nitrogens is 3. The van der Waals surface area contributed by atoms with Crippen LogP contribution in [0.2, 0.25) is 0 Å². The molecule has 0 aliphatic rings. The summed E-state index contributed by atoms with van der Waals surface area (Å²) in [6, 6.07) is 15.7. The van der Waals surface area contributed by atoms with E-state index in [1.54, 1.807) is 12.1 Å². The van der Waals surface area contributed by atoms with E-state index in [0.717, 1.165) is 29.1 Å². The number of rotatable bonds is 5. The molecule has 0 aliphatic heterocycles. The minimum atomic E-state index is -0.562. The molecule has 27 heavy (non-hydrogen) atoms. The van der Waals surface area contributed by atoms with Gasteiger partial charge in [0.2, 0.25) is 0 Å². The zero-order valence-corrected chi connectivity index (χ0v) is 14.9. The fraction of sp³-hybridized carbons (Fsp3) is 0.190. The van der Waals surface area contributed by atoms with Crippen LogP contribution >= 0.6 is 0 Å². The Hall–Kier alpha value is -3.28. The largest absolute Gasteiger partial charge is 0.304 e. The van der Waals surface area contributed by atoms with Crippen LogP contribution in [-0.4, -0.2) is 20.7 Å². The summed E-state index contributed by atoms with van der Waals surface area (Å²) >= 11 is 0. The molecule has 0 spiro atoms. The topological polar surface area (TPSA) is 59.8 Å². The summed E-state index contributed by atoms with van der Waals surface area (Å²) in [4.78, 5) is 17.3. The molecule has 1 amide bonds. The van der Waals surface area contributed by atoms with Crippen molar-refractivity contribution in [1.29, 1.82) is 0 Å². The quantitative estimate of drug-likeness (QED) is 0.556. The molecule has 0 saturated carbocycles. The maximum atomic E-state index is 13.9. The minimum absolute atomic E-state index is 0.0116. The van der Waals surface area contributed by atoms with Gasteiger partial charge in [-0.15, -0.1) is 0 Å². The number of halogens is 1. The number of amides is 1. The monoisotopic (exact) mass is 362 g/mol. The van der Waals surface area contributed by atoms with Crippen LogP contribution in [0.25, 0.3) is 21.9 Å². The Morgan fingerprint density at radius 2 is 1.93 bits per heavy atom. The third-order valence-corrected chi connectivity index (χ3v) is 4.50. The highest BCUT2D eigenvalue weighted by Gasteiger charge is 2.17. The number of para-hydroxylation sites is 1. The van der Waals surface area contributed by atoms with Crippen LogP contribution in [0.1, 0.15) is 30.1 Å². The van der Waals surface area contributed by atoms with Gasteiger partial charge in [0.05, 0.1) is 16.5 Å². The van der Waals surface area contributed by atoms with E-state index >= 15 is 0 Å². The van der Waals surface area contributed by atoms with Crippen LogP contribution in [-0.2, 0) is 6.54 Å². The Labute approximate surface area is 155 Å². The Morgan fingerprint density at radius 3 is 2.74 bits per heavy atom. The first-order chi connectivity index (χ1) is 13.2. The summed E-state index contributed by atoms with van der Waals surface area (Å²) < 4.78 is 15.7. The second kappa shape index (κ2) is 7.15. The number of unbranched alkanes of at least 4 members (excludes halogenated alkanes) is 1. The molecule has 0 bridgehead atoms. The van der Waals surface area contributed by atoms with Gasteiger partial charge < -0.3 is 5.32 Å². The van der Waals surface area contributed by atoms with E-state index in [2.05, 4.69) is 17.3 Å². The number of nitrogens with one attached hydrogen (secondary N) is 1. The first kappa shape index (κ1) is 17.1. The lowest BCUT2D eigenvalue weighted by Gasteiger charge is -2.04. The van der Waals surface area contributed by atoms with Crippen LogP contribution in [0.15, 0.2) is 54.6 Å². The number of anilines is 1. The Balaban J connectivity index is 1.80. The van der Waals surface area contributed by atoms with Crippen molar-refractivity contribution < 1.29 is 9.18 Å². The smallest absolute Gasteiger partial charge is 0.259 e. The molecular formula is C21H19FN4O. The molecule has 0 saturated heterocycles. The number of hydrogen-bond donors (Lipinski definition) is 1. The molecule has 2 aromatic carbocycles. The lowest BCUT2D eigenvalue weighted by Crippen LogP contribution is -2.14. The molecule has 5 nitrogen and oxygen atoms in total. The molecule has 0 atom stereocenters. The molecule has 2 aromatic heterocycles. The molecule has 136 valence electrons. The highest BCUT2D eigenvalue weighted by atomic mass is 19.1. The Bertz CT molecular complexity index is 1140. The second-order valence-corrected chi connectivity index (χ2v) is 6.41. The Morgan fingerprint density at radius 1 is 1.15 bits per heavy atom. The number of nitrogens with zero attached hydrogens (tertiary/aromatic N) is 3. The summed E-state index contributed by atoms with van der Waals surface area (Å²) in [7, 11) is 0. The maximum Gasteiger partial charge on any atom is 0.259 e. The van der Waals surface area contributed by atoms with E-state index in [1.807, 2.05) is 35.0 Å². The third kappa shape index (κ3) is 3.26. The van der Waals surface area contributed by atoms with Crippen molar-refractivity contribution in [2.75, 3.05) is 5.32 Å². The van der Waals surface area contributed by atoms with Gasteiger partial charge >= 0.3 is 0 Å². The average molecular weight is 362 g/mol. The molecule has 4 rings (SSSR count). The zero-order valence-electron chi connectivity index (χ0n) is 14.9. The molecule has 2 heterocycles. The van der Waals surface area contributed by atoms with Crippen LogP contribution in [0.4, 0.5) is 10.2 Å². The van der Waals surface area contributed by atoms with Crippen LogP contribution in [0.3, 0.4) is 0 Å². The van der Waals surface area contributed by atoms with Crippen LogP contribution < -0.4 is 5.32 Å². The number of pyridine rings is 1. The van der Waals surface area contributed by atoms with Gasteiger partial charge in [-0.25, -0.2) is 14.1 Å². The summed E-state index contributed by atoms with van der Waals surface area (Å²) in [6.07, 6.45) is 1.97. The standard InChI is InChI=1S/C21H19FN4O/c1-2-3-12-26-20-16(13-14-8-4-7-11-18(14)23-20)19(25-26)24-21(27)15-9-5-6-10-17(15)22/h4-11,13H,2-3,12H2,1H3,(H,24,25,27). The highest BCUT2D eigenvalue weighted by Crippen LogP contribution is 2.26. The van der Waals surface area contributed by atoms with Crippen molar-refractivity contribution in [3.05, 3.63) is 66.0 Å². The van der Waals surface area contributed by atoms with Gasteiger partial charge in [-0.05, 0) is 30.7 Å². The number of fused-ring (bicyclic) bond motifs is 2. The Kier molecular flexibility index (Phi) is 4.54. The van der Waals surface area contributed by atoms with Crippen molar-refractivity contribution in [2.45, 2.75) is 26.3 Å². The highest BCUT2D eigenvalue weighted by molar-refractivity contribution is 6.09. The average Bonchev–Trinajstić information content (AvgIpc) is 3.01. The SMILES string of the molecule is CCCCn1nc(NC(=O)c2ccccc2F)c2cc3ccccc3nc21. The van der Waals surface area contributed by atoms with E-state index in [1.165, 1.54) is 12.1 Å². The van der Waals surface area contributed by atoms with E-state index in [0.29, 0.717) is 18.0 Å². The molecule has 6 heteroatoms. The predicted molar refractivity (Wildman–Crippen MR) is 104 cm³/mol. The summed E-state index contributed by atoms with van der Waals surface area (Å²) in [5.74, 6) is -0.691.